The van der Waals surface area contributed by atoms with Crippen LogP contribution in [0, 0.1) is 5.92 Å². The molecule has 1 aliphatic rings. The first-order valence-corrected chi connectivity index (χ1v) is 8.44. The summed E-state index contributed by atoms with van der Waals surface area (Å²) in [5, 5.41) is 0. The Balaban J connectivity index is 0.00000200. The predicted octanol–water partition coefficient (Wildman–Crippen LogP) is 1.65. The van der Waals surface area contributed by atoms with Crippen LogP contribution in [-0.4, -0.2) is 38.1 Å². The minimum absolute atomic E-state index is 0. The maximum atomic E-state index is 12.3. The number of rotatable bonds is 5. The third-order valence-corrected chi connectivity index (χ3v) is 5.54. The van der Waals surface area contributed by atoms with Gasteiger partial charge in [0.15, 0.2) is 0 Å². The highest BCUT2D eigenvalue weighted by molar-refractivity contribution is 7.89. The highest BCUT2D eigenvalue weighted by Gasteiger charge is 2.27. The van der Waals surface area contributed by atoms with E-state index in [0.29, 0.717) is 32.0 Å². The minimum atomic E-state index is -3.15. The fraction of sp³-hybridized carbons (Fsp3) is 0.571. The lowest BCUT2D eigenvalue weighted by Crippen LogP contribution is -2.43. The molecule has 2 N–H and O–H groups in total. The first kappa shape index (κ1) is 17.4. The van der Waals surface area contributed by atoms with E-state index in [-0.39, 0.29) is 18.2 Å². The van der Waals surface area contributed by atoms with Gasteiger partial charge < -0.3 is 5.73 Å². The highest BCUT2D eigenvalue weighted by Crippen LogP contribution is 2.19. The van der Waals surface area contributed by atoms with E-state index < -0.39 is 10.0 Å². The molecule has 1 aromatic carbocycles. The van der Waals surface area contributed by atoms with E-state index in [0.717, 1.165) is 18.4 Å². The van der Waals surface area contributed by atoms with Crippen LogP contribution >= 0.6 is 12.4 Å². The summed E-state index contributed by atoms with van der Waals surface area (Å²) in [6.45, 7) is 1.81. The lowest BCUT2D eigenvalue weighted by molar-refractivity contribution is 0.271. The van der Waals surface area contributed by atoms with E-state index in [2.05, 4.69) is 0 Å². The van der Waals surface area contributed by atoms with Gasteiger partial charge in [0.1, 0.15) is 0 Å². The van der Waals surface area contributed by atoms with Gasteiger partial charge in [-0.05, 0) is 37.3 Å². The maximum Gasteiger partial charge on any atom is 0.214 e. The van der Waals surface area contributed by atoms with E-state index in [1.54, 1.807) is 4.31 Å². The van der Waals surface area contributed by atoms with Crippen molar-refractivity contribution in [2.45, 2.75) is 19.3 Å². The van der Waals surface area contributed by atoms with Crippen LogP contribution in [0.25, 0.3) is 0 Å². The van der Waals surface area contributed by atoms with Crippen molar-refractivity contribution < 1.29 is 8.42 Å². The Labute approximate surface area is 127 Å². The lowest BCUT2D eigenvalue weighted by atomic mass is 10.0. The summed E-state index contributed by atoms with van der Waals surface area (Å²) >= 11 is 0. The number of nitrogens with zero attached hydrogens (tertiary/aromatic N) is 1. The van der Waals surface area contributed by atoms with Crippen molar-refractivity contribution in [2.24, 2.45) is 11.7 Å². The fourth-order valence-corrected chi connectivity index (χ4v) is 4.09. The molecule has 0 bridgehead atoms. The van der Waals surface area contributed by atoms with E-state index >= 15 is 0 Å². The molecule has 1 atom stereocenters. The molecule has 114 valence electrons. The third-order valence-electron chi connectivity index (χ3n) is 3.70. The van der Waals surface area contributed by atoms with Gasteiger partial charge in [0.05, 0.1) is 5.75 Å². The van der Waals surface area contributed by atoms with Crippen molar-refractivity contribution in [3.05, 3.63) is 35.9 Å². The van der Waals surface area contributed by atoms with Crippen LogP contribution in [0.1, 0.15) is 18.4 Å². The first-order valence-electron chi connectivity index (χ1n) is 6.83. The average Bonchev–Trinajstić information content (AvgIpc) is 2.46. The Morgan fingerprint density at radius 1 is 1.25 bits per heavy atom. The number of hydrogen-bond acceptors (Lipinski definition) is 3. The zero-order valence-corrected chi connectivity index (χ0v) is 13.2. The second-order valence-electron chi connectivity index (χ2n) is 5.15. The summed E-state index contributed by atoms with van der Waals surface area (Å²) in [5.74, 6) is 0.508. The molecule has 1 saturated heterocycles. The molecule has 1 heterocycles. The van der Waals surface area contributed by atoms with Crippen LogP contribution in [0.15, 0.2) is 30.3 Å². The molecule has 2 rings (SSSR count). The van der Waals surface area contributed by atoms with Gasteiger partial charge in [-0.1, -0.05) is 30.3 Å². The lowest BCUT2D eigenvalue weighted by Gasteiger charge is -2.31. The average molecular weight is 319 g/mol. The van der Waals surface area contributed by atoms with Crippen LogP contribution in [0.5, 0.6) is 0 Å². The predicted molar refractivity (Wildman–Crippen MR) is 84.5 cm³/mol. The Morgan fingerprint density at radius 3 is 2.60 bits per heavy atom. The fourth-order valence-electron chi connectivity index (χ4n) is 2.49. The van der Waals surface area contributed by atoms with Crippen molar-refractivity contribution in [1.82, 2.24) is 4.31 Å². The van der Waals surface area contributed by atoms with Gasteiger partial charge in [0.2, 0.25) is 10.0 Å². The molecule has 0 saturated carbocycles. The quantitative estimate of drug-likeness (QED) is 0.898. The Morgan fingerprint density at radius 2 is 1.95 bits per heavy atom. The molecule has 1 aliphatic heterocycles. The zero-order valence-electron chi connectivity index (χ0n) is 11.6. The van der Waals surface area contributed by atoms with Crippen molar-refractivity contribution in [1.29, 1.82) is 0 Å². The molecule has 0 amide bonds. The second-order valence-corrected chi connectivity index (χ2v) is 7.24. The van der Waals surface area contributed by atoms with Crippen LogP contribution in [-0.2, 0) is 16.4 Å². The summed E-state index contributed by atoms with van der Waals surface area (Å²) in [5.41, 5.74) is 6.72. The largest absolute Gasteiger partial charge is 0.330 e. The molecule has 1 fully saturated rings. The van der Waals surface area contributed by atoms with Crippen LogP contribution < -0.4 is 5.73 Å². The third kappa shape index (κ3) is 4.74. The molecule has 1 unspecified atom stereocenters. The molecule has 0 aromatic heterocycles. The normalized spacial score (nSPS) is 20.4. The molecule has 0 spiro atoms. The molecular formula is C14H23ClN2O2S. The van der Waals surface area contributed by atoms with Gasteiger partial charge >= 0.3 is 0 Å². The zero-order chi connectivity index (χ0) is 13.7. The van der Waals surface area contributed by atoms with Crippen molar-refractivity contribution >= 4 is 22.4 Å². The molecule has 4 nitrogen and oxygen atoms in total. The van der Waals surface area contributed by atoms with Gasteiger partial charge in [-0.15, -0.1) is 12.4 Å². The van der Waals surface area contributed by atoms with Crippen molar-refractivity contribution in [3.8, 4) is 0 Å². The molecular weight excluding hydrogens is 296 g/mol. The number of piperidine rings is 1. The highest BCUT2D eigenvalue weighted by atomic mass is 35.5. The molecule has 20 heavy (non-hydrogen) atoms. The van der Waals surface area contributed by atoms with E-state index in [1.165, 1.54) is 0 Å². The molecule has 0 aliphatic carbocycles. The first-order chi connectivity index (χ1) is 9.12. The van der Waals surface area contributed by atoms with Crippen LogP contribution in [0.3, 0.4) is 0 Å². The molecule has 0 radical (unpaired) electrons. The van der Waals surface area contributed by atoms with Crippen LogP contribution in [0.4, 0.5) is 0 Å². The summed E-state index contributed by atoms with van der Waals surface area (Å²) in [6, 6.07) is 9.75. The van der Waals surface area contributed by atoms with Crippen molar-refractivity contribution in [2.75, 3.05) is 25.4 Å². The van der Waals surface area contributed by atoms with Gasteiger partial charge in [-0.25, -0.2) is 12.7 Å². The summed E-state index contributed by atoms with van der Waals surface area (Å²) in [4.78, 5) is 0. The number of benzene rings is 1. The number of halogens is 1. The number of nitrogens with two attached hydrogens (primary N) is 1. The Bertz CT molecular complexity index is 493. The number of aryl methyl sites for hydroxylation is 1. The number of sulfonamides is 1. The maximum absolute atomic E-state index is 12.3. The van der Waals surface area contributed by atoms with Crippen LogP contribution in [0.2, 0.25) is 0 Å². The Kier molecular flexibility index (Phi) is 6.95. The Hall–Kier alpha value is -0.620. The van der Waals surface area contributed by atoms with Crippen molar-refractivity contribution in [3.63, 3.8) is 0 Å². The van der Waals surface area contributed by atoms with Gasteiger partial charge in [0.25, 0.3) is 0 Å². The van der Waals surface area contributed by atoms with Gasteiger partial charge in [0, 0.05) is 13.1 Å². The standard InChI is InChI=1S/C14H22N2O2S.ClH/c15-11-14-7-4-9-16(12-14)19(17,18)10-8-13-5-2-1-3-6-13;/h1-3,5-6,14H,4,7-12,15H2;1H. The van der Waals surface area contributed by atoms with Gasteiger partial charge in [-0.3, -0.25) is 0 Å². The monoisotopic (exact) mass is 318 g/mol. The minimum Gasteiger partial charge on any atom is -0.330 e. The van der Waals surface area contributed by atoms with E-state index in [1.807, 2.05) is 30.3 Å². The summed E-state index contributed by atoms with van der Waals surface area (Å²) in [7, 11) is -3.15. The topological polar surface area (TPSA) is 63.4 Å². The van der Waals surface area contributed by atoms with E-state index in [9.17, 15) is 8.42 Å². The van der Waals surface area contributed by atoms with Gasteiger partial charge in [-0.2, -0.15) is 0 Å². The molecule has 1 aromatic rings. The summed E-state index contributed by atoms with van der Waals surface area (Å²) in [6.07, 6.45) is 2.54. The van der Waals surface area contributed by atoms with E-state index in [4.69, 9.17) is 5.73 Å². The second kappa shape index (κ2) is 7.98. The SMILES string of the molecule is Cl.NCC1CCCN(S(=O)(=O)CCc2ccccc2)C1. The smallest absolute Gasteiger partial charge is 0.214 e. The number of hydrogen-bond donors (Lipinski definition) is 1. The summed E-state index contributed by atoms with van der Waals surface area (Å²) < 4.78 is 26.2. The molecule has 6 heteroatoms.